The molecule has 4 rings (SSSR count). The molecule has 0 aliphatic carbocycles. The van der Waals surface area contributed by atoms with Crippen molar-refractivity contribution in [3.63, 3.8) is 0 Å². The number of benzene rings is 2. The molecule has 1 atom stereocenters. The van der Waals surface area contributed by atoms with Gasteiger partial charge in [0.25, 0.3) is 11.8 Å². The number of piperazine rings is 1. The Kier molecular flexibility index (Phi) is 9.43. The van der Waals surface area contributed by atoms with Crippen LogP contribution in [0.2, 0.25) is 5.02 Å². The number of nitrogens with one attached hydrogen (secondary N) is 1. The fourth-order valence-corrected chi connectivity index (χ4v) is 5.25. The molecule has 9 heteroatoms. The second-order valence-corrected chi connectivity index (χ2v) is 9.97. The van der Waals surface area contributed by atoms with Gasteiger partial charge < -0.3 is 25.6 Å². The monoisotopic (exact) mass is 549 g/mol. The van der Waals surface area contributed by atoms with E-state index in [9.17, 15) is 9.59 Å². The van der Waals surface area contributed by atoms with Gasteiger partial charge in [-0.2, -0.15) is 0 Å². The second kappa shape index (κ2) is 13.0. The quantitative estimate of drug-likeness (QED) is 0.406. The van der Waals surface area contributed by atoms with Crippen LogP contribution in [0, 0.1) is 6.92 Å². The van der Waals surface area contributed by atoms with Crippen molar-refractivity contribution in [1.82, 2.24) is 15.2 Å². The molecule has 1 saturated heterocycles. The number of hydrogen-bond donors (Lipinski definition) is 2. The minimum absolute atomic E-state index is 0.00134. The van der Waals surface area contributed by atoms with E-state index in [2.05, 4.69) is 22.1 Å². The van der Waals surface area contributed by atoms with Crippen molar-refractivity contribution in [2.45, 2.75) is 33.2 Å². The summed E-state index contributed by atoms with van der Waals surface area (Å²) in [5, 5.41) is 3.54. The Labute approximate surface area is 235 Å². The van der Waals surface area contributed by atoms with Gasteiger partial charge in [0.1, 0.15) is 0 Å². The number of aryl methyl sites for hydroxylation is 1. The van der Waals surface area contributed by atoms with Crippen LogP contribution in [0.3, 0.4) is 0 Å². The molecular weight excluding hydrogens is 514 g/mol. The predicted octanol–water partition coefficient (Wildman–Crippen LogP) is 4.54. The van der Waals surface area contributed by atoms with E-state index in [1.54, 1.807) is 18.3 Å². The molecule has 0 bridgehead atoms. The molecule has 1 fully saturated rings. The number of nitrogens with two attached hydrogens (primary N) is 1. The average molecular weight is 550 g/mol. The summed E-state index contributed by atoms with van der Waals surface area (Å²) in [6.45, 7) is 8.83. The Morgan fingerprint density at radius 1 is 1.13 bits per heavy atom. The Hall–Kier alpha value is -3.62. The van der Waals surface area contributed by atoms with Gasteiger partial charge in [-0.15, -0.1) is 0 Å². The molecular formula is C30H36ClN5O3. The molecule has 2 aromatic carbocycles. The van der Waals surface area contributed by atoms with E-state index in [0.717, 1.165) is 28.8 Å². The summed E-state index contributed by atoms with van der Waals surface area (Å²) in [6, 6.07) is 15.1. The molecule has 39 heavy (non-hydrogen) atoms. The third-order valence-corrected chi connectivity index (χ3v) is 7.24. The zero-order valence-electron chi connectivity index (χ0n) is 22.7. The maximum Gasteiger partial charge on any atom is 0.254 e. The molecule has 0 unspecified atom stereocenters. The molecule has 206 valence electrons. The number of pyridine rings is 1. The molecule has 8 nitrogen and oxygen atoms in total. The first-order valence-corrected chi connectivity index (χ1v) is 13.8. The zero-order valence-corrected chi connectivity index (χ0v) is 23.5. The molecule has 3 N–H and O–H groups in total. The lowest BCUT2D eigenvalue weighted by atomic mass is 9.99. The number of carbonyl (C=O) groups excluding carboxylic acids is 2. The highest BCUT2D eigenvalue weighted by atomic mass is 35.5. The van der Waals surface area contributed by atoms with Gasteiger partial charge in [-0.3, -0.25) is 9.59 Å². The smallest absolute Gasteiger partial charge is 0.254 e. The van der Waals surface area contributed by atoms with Crippen LogP contribution in [0.15, 0.2) is 54.7 Å². The number of anilines is 1. The molecule has 0 radical (unpaired) electrons. The molecule has 2 amide bonds. The van der Waals surface area contributed by atoms with E-state index in [1.165, 1.54) is 0 Å². The summed E-state index contributed by atoms with van der Waals surface area (Å²) >= 11 is 6.10. The van der Waals surface area contributed by atoms with E-state index in [0.29, 0.717) is 61.4 Å². The van der Waals surface area contributed by atoms with Gasteiger partial charge in [0.2, 0.25) is 5.88 Å². The Morgan fingerprint density at radius 2 is 1.95 bits per heavy atom. The van der Waals surface area contributed by atoms with Crippen molar-refractivity contribution >= 4 is 29.1 Å². The lowest BCUT2D eigenvalue weighted by Gasteiger charge is -2.43. The minimum Gasteiger partial charge on any atom is -0.478 e. The van der Waals surface area contributed by atoms with Crippen molar-refractivity contribution in [2.75, 3.05) is 44.2 Å². The van der Waals surface area contributed by atoms with Crippen LogP contribution < -0.4 is 20.7 Å². The van der Waals surface area contributed by atoms with E-state index >= 15 is 0 Å². The summed E-state index contributed by atoms with van der Waals surface area (Å²) in [7, 11) is 0. The van der Waals surface area contributed by atoms with Crippen LogP contribution in [-0.4, -0.2) is 67.1 Å². The fourth-order valence-electron chi connectivity index (χ4n) is 5.02. The number of ether oxygens (including phenoxy) is 1. The Balaban J connectivity index is 1.66. The van der Waals surface area contributed by atoms with Crippen LogP contribution in [0.4, 0.5) is 5.69 Å². The van der Waals surface area contributed by atoms with Crippen LogP contribution in [0.5, 0.6) is 5.88 Å². The zero-order chi connectivity index (χ0) is 27.9. The maximum atomic E-state index is 13.4. The van der Waals surface area contributed by atoms with Crippen LogP contribution >= 0.6 is 11.6 Å². The highest BCUT2D eigenvalue weighted by Gasteiger charge is 2.32. The summed E-state index contributed by atoms with van der Waals surface area (Å²) in [5.41, 5.74) is 10.2. The number of nitrogens with zero attached hydrogens (tertiary/aromatic N) is 3. The van der Waals surface area contributed by atoms with Crippen LogP contribution in [-0.2, 0) is 0 Å². The second-order valence-electron chi connectivity index (χ2n) is 9.53. The van der Waals surface area contributed by atoms with Gasteiger partial charge in [0, 0.05) is 66.8 Å². The SMILES string of the molecule is CCOc1ncccc1-c1ccc(N2CCN(C(=O)c3ccc(Cl)cc3C)C[C@H]2CC)c(C(=O)NCCN)c1. The lowest BCUT2D eigenvalue weighted by molar-refractivity contribution is 0.0719. The number of halogens is 1. The van der Waals surface area contributed by atoms with Gasteiger partial charge in [-0.05, 0) is 73.9 Å². The normalized spacial score (nSPS) is 15.3. The third-order valence-electron chi connectivity index (χ3n) is 7.00. The standard InChI is InChI=1S/C30H36ClN5O3/c1-4-23-19-35(30(38)24-10-9-22(31)17-20(24)3)15-16-36(23)27-11-8-21(18-26(27)28(37)33-14-12-32)25-7-6-13-34-29(25)39-5-2/h6-11,13,17-18,23H,4-5,12,14-16,19,32H2,1-3H3,(H,33,37)/t23-/m1/s1. The molecule has 1 aliphatic heterocycles. The minimum atomic E-state index is -0.190. The maximum absolute atomic E-state index is 13.4. The first-order valence-electron chi connectivity index (χ1n) is 13.4. The molecule has 1 aromatic heterocycles. The van der Waals surface area contributed by atoms with Gasteiger partial charge in [-0.1, -0.05) is 24.6 Å². The van der Waals surface area contributed by atoms with Gasteiger partial charge >= 0.3 is 0 Å². The predicted molar refractivity (Wildman–Crippen MR) is 156 cm³/mol. The number of carbonyl (C=O) groups is 2. The summed E-state index contributed by atoms with van der Waals surface area (Å²) in [5.74, 6) is 0.333. The fraction of sp³-hybridized carbons (Fsp3) is 0.367. The van der Waals surface area contributed by atoms with Crippen LogP contribution in [0.25, 0.3) is 11.1 Å². The first kappa shape index (κ1) is 28.4. The van der Waals surface area contributed by atoms with Crippen molar-refractivity contribution in [3.8, 4) is 17.0 Å². The van der Waals surface area contributed by atoms with E-state index < -0.39 is 0 Å². The average Bonchev–Trinajstić information content (AvgIpc) is 2.95. The molecule has 3 aromatic rings. The summed E-state index contributed by atoms with van der Waals surface area (Å²) in [4.78, 5) is 35.3. The van der Waals surface area contributed by atoms with Crippen LogP contribution in [0.1, 0.15) is 46.5 Å². The molecule has 0 saturated carbocycles. The highest BCUT2D eigenvalue weighted by molar-refractivity contribution is 6.30. The molecule has 1 aliphatic rings. The summed E-state index contributed by atoms with van der Waals surface area (Å²) < 4.78 is 5.74. The largest absolute Gasteiger partial charge is 0.478 e. The molecule has 2 heterocycles. The van der Waals surface area contributed by atoms with Gasteiger partial charge in [-0.25, -0.2) is 4.98 Å². The molecule has 0 spiro atoms. The topological polar surface area (TPSA) is 101 Å². The highest BCUT2D eigenvalue weighted by Crippen LogP contribution is 2.34. The first-order chi connectivity index (χ1) is 18.9. The van der Waals surface area contributed by atoms with Crippen molar-refractivity contribution < 1.29 is 14.3 Å². The summed E-state index contributed by atoms with van der Waals surface area (Å²) in [6.07, 6.45) is 2.50. The van der Waals surface area contributed by atoms with Crippen molar-refractivity contribution in [2.24, 2.45) is 5.73 Å². The Morgan fingerprint density at radius 3 is 2.67 bits per heavy atom. The van der Waals surface area contributed by atoms with Crippen molar-refractivity contribution in [1.29, 1.82) is 0 Å². The Bertz CT molecular complexity index is 1330. The van der Waals surface area contributed by atoms with E-state index in [4.69, 9.17) is 22.1 Å². The third kappa shape index (κ3) is 6.34. The van der Waals surface area contributed by atoms with Crippen molar-refractivity contribution in [3.05, 3.63) is 76.4 Å². The van der Waals surface area contributed by atoms with E-state index in [1.807, 2.05) is 55.1 Å². The van der Waals surface area contributed by atoms with E-state index in [-0.39, 0.29) is 17.9 Å². The van der Waals surface area contributed by atoms with Gasteiger partial charge in [0.15, 0.2) is 0 Å². The number of amides is 2. The number of hydrogen-bond acceptors (Lipinski definition) is 6. The number of rotatable bonds is 9. The van der Waals surface area contributed by atoms with Gasteiger partial charge in [0.05, 0.1) is 12.2 Å². The number of aromatic nitrogens is 1. The lowest BCUT2D eigenvalue weighted by Crippen LogP contribution is -2.55.